The minimum absolute atomic E-state index is 0.0615. The first kappa shape index (κ1) is 19.0. The Hall–Kier alpha value is -1.35. The molecule has 3 N–H and O–H groups in total. The van der Waals surface area contributed by atoms with E-state index in [1.807, 2.05) is 0 Å². The number of anilines is 1. The molecular formula is C15H25N5O2S2. The van der Waals surface area contributed by atoms with Crippen molar-refractivity contribution in [2.75, 3.05) is 11.1 Å². The molecule has 0 aromatic carbocycles. The van der Waals surface area contributed by atoms with Gasteiger partial charge in [-0.2, -0.15) is 0 Å². The summed E-state index contributed by atoms with van der Waals surface area (Å²) in [7, 11) is 0. The van der Waals surface area contributed by atoms with Gasteiger partial charge in [-0.3, -0.25) is 10.1 Å². The van der Waals surface area contributed by atoms with Crippen LogP contribution in [0.2, 0.25) is 0 Å². The van der Waals surface area contributed by atoms with Crippen molar-refractivity contribution in [1.29, 1.82) is 0 Å². The highest BCUT2D eigenvalue weighted by Gasteiger charge is 2.18. The Bertz CT molecular complexity index is 564. The van der Waals surface area contributed by atoms with Crippen molar-refractivity contribution in [2.24, 2.45) is 0 Å². The fraction of sp³-hybridized carbons (Fsp3) is 0.733. The smallest absolute Gasteiger partial charge is 0.321 e. The molecule has 3 amide bonds. The summed E-state index contributed by atoms with van der Waals surface area (Å²) in [6.45, 7) is 6.17. The number of urea groups is 1. The lowest BCUT2D eigenvalue weighted by molar-refractivity contribution is -0.119. The van der Waals surface area contributed by atoms with Gasteiger partial charge in [0.05, 0.1) is 0 Å². The lowest BCUT2D eigenvalue weighted by atomic mass is 10.1. The number of carbonyl (C=O) groups excluding carboxylic acids is 2. The molecule has 0 bridgehead atoms. The van der Waals surface area contributed by atoms with Crippen LogP contribution in [0.4, 0.5) is 9.93 Å². The molecule has 7 nitrogen and oxygen atoms in total. The van der Waals surface area contributed by atoms with Gasteiger partial charge in [-0.25, -0.2) is 4.79 Å². The molecule has 1 heterocycles. The second kappa shape index (κ2) is 8.66. The predicted octanol–water partition coefficient (Wildman–Crippen LogP) is 3.00. The molecule has 134 valence electrons. The van der Waals surface area contributed by atoms with E-state index in [1.165, 1.54) is 23.1 Å². The predicted molar refractivity (Wildman–Crippen MR) is 97.6 cm³/mol. The van der Waals surface area contributed by atoms with E-state index in [1.54, 1.807) is 0 Å². The van der Waals surface area contributed by atoms with Crippen molar-refractivity contribution >= 4 is 40.2 Å². The Kier molecular flexibility index (Phi) is 6.85. The van der Waals surface area contributed by atoms with Crippen LogP contribution in [0.1, 0.15) is 52.9 Å². The number of rotatable bonds is 6. The Morgan fingerprint density at radius 3 is 2.62 bits per heavy atom. The summed E-state index contributed by atoms with van der Waals surface area (Å²) in [5, 5.41) is 17.4. The topological polar surface area (TPSA) is 96.0 Å². The number of carbonyl (C=O) groups is 2. The summed E-state index contributed by atoms with van der Waals surface area (Å²) in [5.74, 6) is 0.294. The Balaban J connectivity index is 1.64. The van der Waals surface area contributed by atoms with Crippen molar-refractivity contribution in [3.63, 3.8) is 0 Å². The fourth-order valence-electron chi connectivity index (χ4n) is 2.35. The van der Waals surface area contributed by atoms with Gasteiger partial charge in [0.25, 0.3) is 0 Å². The van der Waals surface area contributed by atoms with Gasteiger partial charge in [0, 0.05) is 23.8 Å². The first-order chi connectivity index (χ1) is 11.3. The average Bonchev–Trinajstić information content (AvgIpc) is 3.09. The van der Waals surface area contributed by atoms with Crippen molar-refractivity contribution in [1.82, 2.24) is 20.8 Å². The van der Waals surface area contributed by atoms with Crippen LogP contribution >= 0.6 is 23.1 Å². The van der Waals surface area contributed by atoms with Crippen LogP contribution in [0.25, 0.3) is 0 Å². The van der Waals surface area contributed by atoms with Crippen LogP contribution in [0.15, 0.2) is 4.34 Å². The van der Waals surface area contributed by atoms with Crippen LogP contribution < -0.4 is 16.0 Å². The van der Waals surface area contributed by atoms with Crippen LogP contribution in [0, 0.1) is 0 Å². The second-order valence-electron chi connectivity index (χ2n) is 6.85. The maximum Gasteiger partial charge on any atom is 0.321 e. The van der Waals surface area contributed by atoms with Crippen LogP contribution in [0.5, 0.6) is 0 Å². The van der Waals surface area contributed by atoms with E-state index in [2.05, 4.69) is 46.9 Å². The number of imide groups is 1. The first-order valence-electron chi connectivity index (χ1n) is 8.17. The standard InChI is InChI=1S/C15H25N5O2S2/c1-15(2,3)18-13-19-20-14(24-13)23-9-8-11(21)17-12(22)16-10-6-4-5-7-10/h10H,4-9H2,1-3H3,(H,18,19)(H2,16,17,21,22). The highest BCUT2D eigenvalue weighted by Crippen LogP contribution is 2.27. The highest BCUT2D eigenvalue weighted by atomic mass is 32.2. The molecule has 2 rings (SSSR count). The summed E-state index contributed by atoms with van der Waals surface area (Å²) >= 11 is 2.93. The average molecular weight is 372 g/mol. The van der Waals surface area contributed by atoms with Crippen LogP contribution in [-0.2, 0) is 4.79 Å². The van der Waals surface area contributed by atoms with Gasteiger partial charge in [0.2, 0.25) is 11.0 Å². The molecule has 1 saturated carbocycles. The normalized spacial score (nSPS) is 15.3. The van der Waals surface area contributed by atoms with E-state index in [4.69, 9.17) is 0 Å². The van der Waals surface area contributed by atoms with E-state index in [-0.39, 0.29) is 29.9 Å². The second-order valence-corrected chi connectivity index (χ2v) is 9.17. The highest BCUT2D eigenvalue weighted by molar-refractivity contribution is 8.01. The van der Waals surface area contributed by atoms with Gasteiger partial charge in [-0.05, 0) is 33.6 Å². The Morgan fingerprint density at radius 1 is 1.25 bits per heavy atom. The maximum absolute atomic E-state index is 11.8. The third-order valence-corrected chi connectivity index (χ3v) is 5.36. The summed E-state index contributed by atoms with van der Waals surface area (Å²) in [5.41, 5.74) is -0.0615. The monoisotopic (exact) mass is 371 g/mol. The number of nitrogens with zero attached hydrogens (tertiary/aromatic N) is 2. The van der Waals surface area contributed by atoms with Crippen molar-refractivity contribution < 1.29 is 9.59 Å². The molecule has 24 heavy (non-hydrogen) atoms. The zero-order valence-electron chi connectivity index (χ0n) is 14.3. The number of nitrogens with one attached hydrogen (secondary N) is 3. The van der Waals surface area contributed by atoms with Gasteiger partial charge in [-0.15, -0.1) is 10.2 Å². The van der Waals surface area contributed by atoms with Gasteiger partial charge in [-0.1, -0.05) is 35.9 Å². The molecule has 1 aliphatic rings. The van der Waals surface area contributed by atoms with Gasteiger partial charge in [0.1, 0.15) is 0 Å². The molecule has 0 saturated heterocycles. The number of hydrogen-bond donors (Lipinski definition) is 3. The summed E-state index contributed by atoms with van der Waals surface area (Å²) in [4.78, 5) is 23.5. The molecule has 1 aliphatic carbocycles. The molecular weight excluding hydrogens is 346 g/mol. The lowest BCUT2D eigenvalue weighted by Gasteiger charge is -2.18. The minimum Gasteiger partial charge on any atom is -0.355 e. The molecule has 1 aromatic rings. The number of amides is 3. The molecule has 1 aromatic heterocycles. The van der Waals surface area contributed by atoms with Gasteiger partial charge in [0.15, 0.2) is 4.34 Å². The van der Waals surface area contributed by atoms with E-state index < -0.39 is 0 Å². The van der Waals surface area contributed by atoms with Crippen LogP contribution in [0.3, 0.4) is 0 Å². The molecule has 0 atom stereocenters. The summed E-state index contributed by atoms with van der Waals surface area (Å²) < 4.78 is 0.810. The van der Waals surface area contributed by atoms with Crippen molar-refractivity contribution in [3.05, 3.63) is 0 Å². The number of thioether (sulfide) groups is 1. The molecule has 0 spiro atoms. The molecule has 1 fully saturated rings. The van der Waals surface area contributed by atoms with Gasteiger partial charge >= 0.3 is 6.03 Å². The minimum atomic E-state index is -0.385. The van der Waals surface area contributed by atoms with Crippen molar-refractivity contribution in [3.8, 4) is 0 Å². The zero-order valence-corrected chi connectivity index (χ0v) is 16.0. The SMILES string of the molecule is CC(C)(C)Nc1nnc(SCCC(=O)NC(=O)NC2CCCC2)s1. The third-order valence-electron chi connectivity index (χ3n) is 3.39. The van der Waals surface area contributed by atoms with E-state index in [0.717, 1.165) is 35.2 Å². The van der Waals surface area contributed by atoms with E-state index in [0.29, 0.717) is 5.75 Å². The molecule has 0 unspecified atom stereocenters. The largest absolute Gasteiger partial charge is 0.355 e. The quantitative estimate of drug-likeness (QED) is 0.665. The zero-order chi connectivity index (χ0) is 17.6. The third kappa shape index (κ3) is 7.04. The van der Waals surface area contributed by atoms with E-state index in [9.17, 15) is 9.59 Å². The Labute approximate surface area is 150 Å². The number of hydrogen-bond acceptors (Lipinski definition) is 7. The maximum atomic E-state index is 11.8. The number of aromatic nitrogens is 2. The lowest BCUT2D eigenvalue weighted by Crippen LogP contribution is -2.43. The van der Waals surface area contributed by atoms with Gasteiger partial charge < -0.3 is 10.6 Å². The van der Waals surface area contributed by atoms with Crippen molar-refractivity contribution in [2.45, 2.75) is 68.8 Å². The summed E-state index contributed by atoms with van der Waals surface area (Å²) in [6.07, 6.45) is 4.55. The molecule has 0 aliphatic heterocycles. The Morgan fingerprint density at radius 2 is 1.96 bits per heavy atom. The molecule has 0 radical (unpaired) electrons. The summed E-state index contributed by atoms with van der Waals surface area (Å²) in [6, 6.07) is -0.174. The fourth-order valence-corrected chi connectivity index (χ4v) is 4.32. The first-order valence-corrected chi connectivity index (χ1v) is 9.97. The molecule has 9 heteroatoms. The van der Waals surface area contributed by atoms with Crippen LogP contribution in [-0.4, -0.2) is 39.5 Å². The van der Waals surface area contributed by atoms with E-state index >= 15 is 0 Å².